The van der Waals surface area contributed by atoms with Crippen molar-refractivity contribution in [2.24, 2.45) is 12.8 Å². The van der Waals surface area contributed by atoms with E-state index >= 15 is 0 Å². The number of nitrogens with zero attached hydrogens (tertiary/aromatic N) is 2. The highest BCUT2D eigenvalue weighted by molar-refractivity contribution is 5.24. The van der Waals surface area contributed by atoms with E-state index in [-0.39, 0.29) is 11.5 Å². The van der Waals surface area contributed by atoms with E-state index < -0.39 is 0 Å². The van der Waals surface area contributed by atoms with Crippen molar-refractivity contribution in [1.29, 1.82) is 0 Å². The molecule has 0 radical (unpaired) electrons. The van der Waals surface area contributed by atoms with E-state index in [2.05, 4.69) is 32.1 Å². The quantitative estimate of drug-likeness (QED) is 0.779. The summed E-state index contributed by atoms with van der Waals surface area (Å²) in [6.07, 6.45) is 2.98. The van der Waals surface area contributed by atoms with Gasteiger partial charge in [-0.15, -0.1) is 0 Å². The smallest absolute Gasteiger partial charge is 0.0710 e. The van der Waals surface area contributed by atoms with Crippen molar-refractivity contribution in [3.8, 4) is 0 Å². The van der Waals surface area contributed by atoms with E-state index in [1.165, 1.54) is 5.56 Å². The third-order valence-corrected chi connectivity index (χ3v) is 2.16. The summed E-state index contributed by atoms with van der Waals surface area (Å²) >= 11 is 0. The zero-order valence-corrected chi connectivity index (χ0v) is 9.83. The molecule has 3 nitrogen and oxygen atoms in total. The molecule has 0 saturated carbocycles. The zero-order valence-electron chi connectivity index (χ0n) is 9.83. The minimum absolute atomic E-state index is 0.103. The van der Waals surface area contributed by atoms with Crippen molar-refractivity contribution in [3.05, 3.63) is 17.5 Å². The van der Waals surface area contributed by atoms with Crippen molar-refractivity contribution in [1.82, 2.24) is 9.78 Å². The highest BCUT2D eigenvalue weighted by atomic mass is 15.3. The molecule has 0 unspecified atom stereocenters. The number of hydrogen-bond acceptors (Lipinski definition) is 2. The molecular formula is C11H21N3. The van der Waals surface area contributed by atoms with Crippen LogP contribution in [0.15, 0.2) is 6.20 Å². The summed E-state index contributed by atoms with van der Waals surface area (Å²) in [5.41, 5.74) is 8.35. The van der Waals surface area contributed by atoms with Gasteiger partial charge in [-0.05, 0) is 18.9 Å². The van der Waals surface area contributed by atoms with E-state index in [1.807, 2.05) is 18.7 Å². The van der Waals surface area contributed by atoms with Crippen molar-refractivity contribution < 1.29 is 0 Å². The van der Waals surface area contributed by atoms with Gasteiger partial charge in [0.25, 0.3) is 0 Å². The number of aryl methyl sites for hydroxylation is 1. The molecule has 1 atom stereocenters. The van der Waals surface area contributed by atoms with Gasteiger partial charge < -0.3 is 5.73 Å². The third-order valence-electron chi connectivity index (χ3n) is 2.16. The Hall–Kier alpha value is -0.830. The summed E-state index contributed by atoms with van der Waals surface area (Å²) in [5, 5.41) is 4.50. The van der Waals surface area contributed by atoms with Crippen molar-refractivity contribution in [2.75, 3.05) is 0 Å². The molecule has 0 fully saturated rings. The van der Waals surface area contributed by atoms with E-state index in [9.17, 15) is 0 Å². The Bertz CT molecular complexity index is 305. The molecule has 3 heteroatoms. The lowest BCUT2D eigenvalue weighted by Gasteiger charge is -2.18. The van der Waals surface area contributed by atoms with Crippen LogP contribution in [0.4, 0.5) is 0 Å². The second kappa shape index (κ2) is 3.73. The first-order valence-corrected chi connectivity index (χ1v) is 5.09. The summed E-state index contributed by atoms with van der Waals surface area (Å²) in [6.45, 7) is 8.57. The molecule has 0 aliphatic heterocycles. The van der Waals surface area contributed by atoms with E-state index in [1.54, 1.807) is 0 Å². The lowest BCUT2D eigenvalue weighted by atomic mass is 9.88. The van der Waals surface area contributed by atoms with Crippen LogP contribution >= 0.6 is 0 Å². The molecule has 1 aromatic heterocycles. The van der Waals surface area contributed by atoms with E-state index in [4.69, 9.17) is 5.73 Å². The fourth-order valence-electron chi connectivity index (χ4n) is 1.67. The van der Waals surface area contributed by atoms with Gasteiger partial charge in [0.2, 0.25) is 0 Å². The second-order valence-electron chi connectivity index (χ2n) is 5.11. The molecule has 0 aliphatic carbocycles. The van der Waals surface area contributed by atoms with Gasteiger partial charge in [0.1, 0.15) is 0 Å². The van der Waals surface area contributed by atoms with E-state index in [0.29, 0.717) is 0 Å². The van der Waals surface area contributed by atoms with Gasteiger partial charge in [-0.3, -0.25) is 4.68 Å². The Kier molecular flexibility index (Phi) is 3.00. The summed E-state index contributed by atoms with van der Waals surface area (Å²) in [4.78, 5) is 0. The molecule has 1 aromatic rings. The SMILES string of the molecule is C[C@@H](N)Cc1cn(C)nc1C(C)(C)C. The van der Waals surface area contributed by atoms with Crippen molar-refractivity contribution >= 4 is 0 Å². The largest absolute Gasteiger partial charge is 0.328 e. The summed E-state index contributed by atoms with van der Waals surface area (Å²) in [6, 6.07) is 0.195. The minimum Gasteiger partial charge on any atom is -0.328 e. The average molecular weight is 195 g/mol. The number of hydrogen-bond donors (Lipinski definition) is 1. The van der Waals surface area contributed by atoms with Crippen LogP contribution in [0.1, 0.15) is 39.0 Å². The lowest BCUT2D eigenvalue weighted by Crippen LogP contribution is -2.21. The highest BCUT2D eigenvalue weighted by Crippen LogP contribution is 2.24. The summed E-state index contributed by atoms with van der Waals surface area (Å²) in [5.74, 6) is 0. The Morgan fingerprint density at radius 2 is 2.07 bits per heavy atom. The van der Waals surface area contributed by atoms with Gasteiger partial charge in [0.15, 0.2) is 0 Å². The molecule has 0 saturated heterocycles. The first kappa shape index (κ1) is 11.2. The van der Waals surface area contributed by atoms with Gasteiger partial charge >= 0.3 is 0 Å². The topological polar surface area (TPSA) is 43.8 Å². The van der Waals surface area contributed by atoms with Crippen molar-refractivity contribution in [3.63, 3.8) is 0 Å². The van der Waals surface area contributed by atoms with Gasteiger partial charge in [-0.25, -0.2) is 0 Å². The first-order valence-electron chi connectivity index (χ1n) is 5.09. The van der Waals surface area contributed by atoms with Crippen LogP contribution in [0, 0.1) is 0 Å². The maximum absolute atomic E-state index is 5.81. The molecule has 0 spiro atoms. The van der Waals surface area contributed by atoms with Gasteiger partial charge in [0.05, 0.1) is 5.69 Å². The molecule has 1 rings (SSSR count). The fraction of sp³-hybridized carbons (Fsp3) is 0.727. The predicted octanol–water partition coefficient (Wildman–Crippen LogP) is 1.61. The standard InChI is InChI=1S/C11H21N3/c1-8(12)6-9-7-14(5)13-10(9)11(2,3)4/h7-8H,6,12H2,1-5H3/t8-/m1/s1. The van der Waals surface area contributed by atoms with Crippen molar-refractivity contribution in [2.45, 2.75) is 45.6 Å². The maximum Gasteiger partial charge on any atom is 0.0710 e. The second-order valence-corrected chi connectivity index (χ2v) is 5.11. The Balaban J connectivity index is 3.03. The molecule has 80 valence electrons. The maximum atomic E-state index is 5.81. The lowest BCUT2D eigenvalue weighted by molar-refractivity contribution is 0.545. The average Bonchev–Trinajstić information content (AvgIpc) is 2.28. The number of nitrogens with two attached hydrogens (primary N) is 1. The van der Waals surface area contributed by atoms with Crippen LogP contribution in [0.2, 0.25) is 0 Å². The van der Waals surface area contributed by atoms with Gasteiger partial charge in [0, 0.05) is 24.7 Å². The molecule has 2 N–H and O–H groups in total. The predicted molar refractivity (Wildman–Crippen MR) is 59.3 cm³/mol. The van der Waals surface area contributed by atoms with Crippen LogP contribution < -0.4 is 5.73 Å². The van der Waals surface area contributed by atoms with Crippen LogP contribution in [-0.2, 0) is 18.9 Å². The molecule has 0 amide bonds. The Labute approximate surface area is 86.3 Å². The van der Waals surface area contributed by atoms with Crippen LogP contribution in [0.3, 0.4) is 0 Å². The third kappa shape index (κ3) is 2.58. The Morgan fingerprint density at radius 3 is 2.50 bits per heavy atom. The highest BCUT2D eigenvalue weighted by Gasteiger charge is 2.21. The molecular weight excluding hydrogens is 174 g/mol. The summed E-state index contributed by atoms with van der Waals surface area (Å²) < 4.78 is 1.87. The van der Waals surface area contributed by atoms with Crippen LogP contribution in [-0.4, -0.2) is 15.8 Å². The van der Waals surface area contributed by atoms with Crippen LogP contribution in [0.5, 0.6) is 0 Å². The normalized spacial score (nSPS) is 14.4. The molecule has 0 aliphatic rings. The van der Waals surface area contributed by atoms with E-state index in [0.717, 1.165) is 12.1 Å². The first-order chi connectivity index (χ1) is 6.30. The zero-order chi connectivity index (χ0) is 10.9. The molecule has 1 heterocycles. The van der Waals surface area contributed by atoms with Gasteiger partial charge in [-0.2, -0.15) is 5.10 Å². The number of aromatic nitrogens is 2. The number of rotatable bonds is 2. The fourth-order valence-corrected chi connectivity index (χ4v) is 1.67. The van der Waals surface area contributed by atoms with Crippen LogP contribution in [0.25, 0.3) is 0 Å². The Morgan fingerprint density at radius 1 is 1.50 bits per heavy atom. The monoisotopic (exact) mass is 195 g/mol. The minimum atomic E-state index is 0.103. The molecule has 0 aromatic carbocycles. The molecule has 14 heavy (non-hydrogen) atoms. The molecule has 0 bridgehead atoms. The van der Waals surface area contributed by atoms with Gasteiger partial charge in [-0.1, -0.05) is 20.8 Å². The summed E-state index contributed by atoms with van der Waals surface area (Å²) in [7, 11) is 1.96.